The third-order valence-electron chi connectivity index (χ3n) is 3.90. The maximum absolute atomic E-state index is 11.9. The molecule has 0 fully saturated rings. The second kappa shape index (κ2) is 4.63. The van der Waals surface area contributed by atoms with E-state index < -0.39 is 17.8 Å². The first-order valence-corrected chi connectivity index (χ1v) is 6.65. The Hall–Kier alpha value is -2.36. The molecule has 1 unspecified atom stereocenters. The summed E-state index contributed by atoms with van der Waals surface area (Å²) in [5.74, 6) is -2.66. The number of carbonyl (C=O) groups excluding carboxylic acids is 1. The van der Waals surface area contributed by atoms with Crippen molar-refractivity contribution >= 4 is 28.3 Å². The van der Waals surface area contributed by atoms with Crippen molar-refractivity contribution in [2.45, 2.75) is 19.8 Å². The van der Waals surface area contributed by atoms with Crippen molar-refractivity contribution in [2.24, 2.45) is 5.92 Å². The van der Waals surface area contributed by atoms with Crippen molar-refractivity contribution in [3.63, 3.8) is 0 Å². The predicted octanol–water partition coefficient (Wildman–Crippen LogP) is 2.60. The average molecular weight is 269 g/mol. The van der Waals surface area contributed by atoms with Crippen molar-refractivity contribution in [3.8, 4) is 0 Å². The third-order valence-corrected chi connectivity index (χ3v) is 3.90. The summed E-state index contributed by atoms with van der Waals surface area (Å²) in [7, 11) is 0. The van der Waals surface area contributed by atoms with Gasteiger partial charge in [0.25, 0.3) is 0 Å². The molecule has 3 rings (SSSR count). The molecule has 0 spiro atoms. The number of nitrogens with one attached hydrogen (secondary N) is 1. The lowest BCUT2D eigenvalue weighted by molar-refractivity contribution is -0.144. The quantitative estimate of drug-likeness (QED) is 0.842. The maximum atomic E-state index is 11.9. The molecule has 1 atom stereocenters. The van der Waals surface area contributed by atoms with Gasteiger partial charge in [-0.25, -0.2) is 0 Å². The zero-order chi connectivity index (χ0) is 14.3. The Morgan fingerprint density at radius 1 is 1.15 bits per heavy atom. The van der Waals surface area contributed by atoms with E-state index in [-0.39, 0.29) is 0 Å². The minimum atomic E-state index is -1.12. The van der Waals surface area contributed by atoms with Gasteiger partial charge in [-0.1, -0.05) is 24.3 Å². The lowest BCUT2D eigenvalue weighted by Crippen LogP contribution is -2.26. The van der Waals surface area contributed by atoms with Gasteiger partial charge in [-0.3, -0.25) is 9.59 Å². The van der Waals surface area contributed by atoms with E-state index in [4.69, 9.17) is 5.11 Å². The molecule has 1 aliphatic carbocycles. The number of benzene rings is 2. The number of aryl methyl sites for hydroxylation is 2. The number of amides is 1. The van der Waals surface area contributed by atoms with Gasteiger partial charge in [-0.05, 0) is 42.3 Å². The molecular weight excluding hydrogens is 254 g/mol. The minimum absolute atomic E-state index is 0.490. The highest BCUT2D eigenvalue weighted by atomic mass is 16.4. The number of rotatable bonds is 3. The number of hydrogen-bond donors (Lipinski definition) is 2. The fourth-order valence-electron chi connectivity index (χ4n) is 2.71. The summed E-state index contributed by atoms with van der Waals surface area (Å²) in [6.07, 6.45) is 2.05. The van der Waals surface area contributed by atoms with Gasteiger partial charge >= 0.3 is 5.97 Å². The fourth-order valence-corrected chi connectivity index (χ4v) is 2.71. The van der Waals surface area contributed by atoms with Crippen LogP contribution in [0.4, 0.5) is 5.69 Å². The van der Waals surface area contributed by atoms with Crippen LogP contribution in [0.2, 0.25) is 0 Å². The van der Waals surface area contributed by atoms with E-state index in [1.807, 2.05) is 24.3 Å². The molecule has 0 radical (unpaired) electrons. The molecule has 20 heavy (non-hydrogen) atoms. The summed E-state index contributed by atoms with van der Waals surface area (Å²) in [5, 5.41) is 13.8. The minimum Gasteiger partial charge on any atom is -0.481 e. The number of carboxylic acid groups (broad SMARTS) is 1. The van der Waals surface area contributed by atoms with Crippen molar-refractivity contribution in [2.75, 3.05) is 5.32 Å². The van der Waals surface area contributed by atoms with Crippen LogP contribution in [-0.4, -0.2) is 17.0 Å². The average Bonchev–Trinajstić information content (AvgIpc) is 2.86. The van der Waals surface area contributed by atoms with E-state index in [1.54, 1.807) is 0 Å². The van der Waals surface area contributed by atoms with Crippen LogP contribution in [0.1, 0.15) is 18.1 Å². The first-order valence-electron chi connectivity index (χ1n) is 6.65. The number of anilines is 1. The smallest absolute Gasteiger partial charge is 0.315 e. The Balaban J connectivity index is 2.02. The fraction of sp³-hybridized carbons (Fsp3) is 0.250. The van der Waals surface area contributed by atoms with Gasteiger partial charge in [0.15, 0.2) is 0 Å². The summed E-state index contributed by atoms with van der Waals surface area (Å²) in [4.78, 5) is 22.7. The SMILES string of the molecule is CC(C(=O)O)C(=O)Nc1ccc2c3c(cccc13)CC2. The Morgan fingerprint density at radius 2 is 1.85 bits per heavy atom. The van der Waals surface area contributed by atoms with Crippen LogP contribution in [0.15, 0.2) is 30.3 Å². The predicted molar refractivity (Wildman–Crippen MR) is 76.8 cm³/mol. The van der Waals surface area contributed by atoms with Gasteiger partial charge in [0, 0.05) is 11.1 Å². The zero-order valence-corrected chi connectivity index (χ0v) is 11.1. The molecule has 102 valence electrons. The van der Waals surface area contributed by atoms with Gasteiger partial charge in [-0.2, -0.15) is 0 Å². The molecule has 1 amide bonds. The second-order valence-corrected chi connectivity index (χ2v) is 5.16. The Morgan fingerprint density at radius 3 is 2.55 bits per heavy atom. The molecule has 0 aliphatic heterocycles. The van der Waals surface area contributed by atoms with Crippen LogP contribution in [0, 0.1) is 5.92 Å². The lowest BCUT2D eigenvalue weighted by atomic mass is 10.0. The van der Waals surface area contributed by atoms with Crippen molar-refractivity contribution in [1.29, 1.82) is 0 Å². The molecule has 0 aromatic heterocycles. The molecule has 0 saturated carbocycles. The van der Waals surface area contributed by atoms with Crippen molar-refractivity contribution in [3.05, 3.63) is 41.5 Å². The molecule has 2 N–H and O–H groups in total. The first kappa shape index (κ1) is 12.7. The van der Waals surface area contributed by atoms with Crippen molar-refractivity contribution < 1.29 is 14.7 Å². The van der Waals surface area contributed by atoms with Gasteiger partial charge in [0.2, 0.25) is 5.91 Å². The van der Waals surface area contributed by atoms with E-state index in [0.29, 0.717) is 5.69 Å². The molecule has 0 saturated heterocycles. The molecule has 4 nitrogen and oxygen atoms in total. The summed E-state index contributed by atoms with van der Waals surface area (Å²) >= 11 is 0. The van der Waals surface area contributed by atoms with Crippen LogP contribution >= 0.6 is 0 Å². The second-order valence-electron chi connectivity index (χ2n) is 5.16. The van der Waals surface area contributed by atoms with Crippen LogP contribution < -0.4 is 5.32 Å². The summed E-state index contributed by atoms with van der Waals surface area (Å²) in [5.41, 5.74) is 3.27. The monoisotopic (exact) mass is 269 g/mol. The number of carbonyl (C=O) groups is 2. The molecule has 1 aliphatic rings. The molecule has 2 aromatic rings. The standard InChI is InChI=1S/C16H15NO3/c1-9(16(19)20)15(18)17-13-8-7-11-6-5-10-3-2-4-12(13)14(10)11/h2-4,7-9H,5-6H2,1H3,(H,17,18)(H,19,20). The van der Waals surface area contributed by atoms with E-state index in [1.165, 1.54) is 23.4 Å². The number of aliphatic carboxylic acids is 1. The van der Waals surface area contributed by atoms with E-state index in [9.17, 15) is 9.59 Å². The summed E-state index contributed by atoms with van der Waals surface area (Å²) in [6.45, 7) is 1.39. The summed E-state index contributed by atoms with van der Waals surface area (Å²) in [6, 6.07) is 9.92. The Labute approximate surface area is 116 Å². The number of carboxylic acids is 1. The van der Waals surface area contributed by atoms with Gasteiger partial charge in [0.1, 0.15) is 5.92 Å². The molecule has 4 heteroatoms. The van der Waals surface area contributed by atoms with Gasteiger partial charge < -0.3 is 10.4 Å². The lowest BCUT2D eigenvalue weighted by Gasteiger charge is -2.12. The van der Waals surface area contributed by atoms with Gasteiger partial charge in [0.05, 0.1) is 0 Å². The topological polar surface area (TPSA) is 66.4 Å². The first-order chi connectivity index (χ1) is 9.58. The van der Waals surface area contributed by atoms with Crippen LogP contribution in [0.25, 0.3) is 10.8 Å². The van der Waals surface area contributed by atoms with E-state index in [2.05, 4.69) is 11.4 Å². The molecule has 2 aromatic carbocycles. The van der Waals surface area contributed by atoms with E-state index >= 15 is 0 Å². The molecule has 0 bridgehead atoms. The van der Waals surface area contributed by atoms with Crippen LogP contribution in [-0.2, 0) is 22.4 Å². The molecular formula is C16H15NO3. The molecule has 0 heterocycles. The Kier molecular flexibility index (Phi) is 2.93. The van der Waals surface area contributed by atoms with Crippen LogP contribution in [0.3, 0.4) is 0 Å². The largest absolute Gasteiger partial charge is 0.481 e. The number of hydrogen-bond acceptors (Lipinski definition) is 2. The maximum Gasteiger partial charge on any atom is 0.315 e. The summed E-state index contributed by atoms with van der Waals surface area (Å²) < 4.78 is 0. The Bertz CT molecular complexity index is 711. The highest BCUT2D eigenvalue weighted by Gasteiger charge is 2.22. The normalized spacial score (nSPS) is 14.2. The third kappa shape index (κ3) is 1.93. The zero-order valence-electron chi connectivity index (χ0n) is 11.1. The highest BCUT2D eigenvalue weighted by Crippen LogP contribution is 2.35. The van der Waals surface area contributed by atoms with Gasteiger partial charge in [-0.15, -0.1) is 0 Å². The highest BCUT2D eigenvalue weighted by molar-refractivity contribution is 6.09. The van der Waals surface area contributed by atoms with Crippen molar-refractivity contribution in [1.82, 2.24) is 0 Å². The van der Waals surface area contributed by atoms with E-state index in [0.717, 1.165) is 18.2 Å². The van der Waals surface area contributed by atoms with Crippen LogP contribution in [0.5, 0.6) is 0 Å².